The minimum atomic E-state index is -0.990. The third kappa shape index (κ3) is 2.63. The molecular weight excluding hydrogens is 306 g/mol. The molecule has 3 aromatic rings. The quantitative estimate of drug-likeness (QED) is 0.792. The Morgan fingerprint density at radius 1 is 1.32 bits per heavy atom. The Labute approximate surface area is 131 Å². The van der Waals surface area contributed by atoms with Gasteiger partial charge in [-0.1, -0.05) is 23.7 Å². The molecule has 22 heavy (non-hydrogen) atoms. The number of para-hydroxylation sites is 1. The van der Waals surface area contributed by atoms with E-state index in [0.717, 1.165) is 11.1 Å². The van der Waals surface area contributed by atoms with Gasteiger partial charge >= 0.3 is 5.97 Å². The predicted octanol–water partition coefficient (Wildman–Crippen LogP) is 3.78. The summed E-state index contributed by atoms with van der Waals surface area (Å²) < 4.78 is 10.7. The highest BCUT2D eigenvalue weighted by molar-refractivity contribution is 6.33. The van der Waals surface area contributed by atoms with Crippen molar-refractivity contribution in [2.75, 3.05) is 7.11 Å². The zero-order chi connectivity index (χ0) is 15.7. The van der Waals surface area contributed by atoms with Gasteiger partial charge < -0.3 is 14.3 Å². The molecule has 0 bridgehead atoms. The summed E-state index contributed by atoms with van der Waals surface area (Å²) in [5.74, 6) is -0.166. The molecule has 0 atom stereocenters. The first-order valence-corrected chi connectivity index (χ1v) is 6.90. The van der Waals surface area contributed by atoms with Gasteiger partial charge in [-0.2, -0.15) is 0 Å². The number of carboxylic acid groups (broad SMARTS) is 1. The first-order chi connectivity index (χ1) is 10.6. The number of aromatic nitrogens is 1. The Morgan fingerprint density at radius 3 is 2.82 bits per heavy atom. The zero-order valence-corrected chi connectivity index (χ0v) is 12.4. The fraction of sp³-hybridized carbons (Fsp3) is 0.125. The predicted molar refractivity (Wildman–Crippen MR) is 82.3 cm³/mol. The first-order valence-electron chi connectivity index (χ1n) is 6.52. The number of methoxy groups -OCH3 is 1. The molecule has 5 nitrogen and oxygen atoms in total. The van der Waals surface area contributed by atoms with Crippen molar-refractivity contribution in [1.29, 1.82) is 0 Å². The largest absolute Gasteiger partial charge is 0.497 e. The lowest BCUT2D eigenvalue weighted by Gasteiger charge is -2.07. The molecule has 112 valence electrons. The molecule has 0 aliphatic carbocycles. The summed E-state index contributed by atoms with van der Waals surface area (Å²) in [5.41, 5.74) is 2.65. The molecular formula is C16H12ClNO4. The summed E-state index contributed by atoms with van der Waals surface area (Å²) in [7, 11) is 1.57. The van der Waals surface area contributed by atoms with Crippen LogP contribution in [0, 0.1) is 0 Å². The Morgan fingerprint density at radius 2 is 2.14 bits per heavy atom. The van der Waals surface area contributed by atoms with E-state index in [0.29, 0.717) is 21.9 Å². The molecule has 3 rings (SSSR count). The minimum Gasteiger partial charge on any atom is -0.497 e. The fourth-order valence-corrected chi connectivity index (χ4v) is 2.53. The molecule has 0 fully saturated rings. The molecule has 1 heterocycles. The van der Waals surface area contributed by atoms with Gasteiger partial charge in [-0.25, -0.2) is 4.98 Å². The van der Waals surface area contributed by atoms with E-state index in [4.69, 9.17) is 25.9 Å². The summed E-state index contributed by atoms with van der Waals surface area (Å²) >= 11 is 6.30. The number of aliphatic carboxylic acids is 1. The monoisotopic (exact) mass is 317 g/mol. The molecule has 0 saturated carbocycles. The smallest absolute Gasteiger partial charge is 0.312 e. The summed E-state index contributed by atoms with van der Waals surface area (Å²) in [6.45, 7) is 0. The molecule has 2 aromatic carbocycles. The number of benzene rings is 2. The Hall–Kier alpha value is -2.53. The van der Waals surface area contributed by atoms with Crippen molar-refractivity contribution in [2.24, 2.45) is 0 Å². The van der Waals surface area contributed by atoms with Gasteiger partial charge in [0, 0.05) is 11.1 Å². The Kier molecular flexibility index (Phi) is 3.73. The van der Waals surface area contributed by atoms with Crippen LogP contribution in [0.25, 0.3) is 22.2 Å². The standard InChI is InChI=1S/C16H12ClNO4/c1-21-9-5-6-10(12(17)7-9)11-3-2-4-13-16(11)22-14(18-13)8-15(19)20/h2-7H,8H2,1H3,(H,19,20). The average Bonchev–Trinajstić information content (AvgIpc) is 2.88. The molecule has 1 N–H and O–H groups in total. The maximum atomic E-state index is 10.8. The molecule has 0 aliphatic heterocycles. The van der Waals surface area contributed by atoms with Crippen molar-refractivity contribution in [3.8, 4) is 16.9 Å². The molecule has 1 aromatic heterocycles. The van der Waals surface area contributed by atoms with Crippen LogP contribution in [-0.2, 0) is 11.2 Å². The summed E-state index contributed by atoms with van der Waals surface area (Å²) in [4.78, 5) is 15.0. The number of hydrogen-bond acceptors (Lipinski definition) is 4. The lowest BCUT2D eigenvalue weighted by molar-refractivity contribution is -0.136. The van der Waals surface area contributed by atoms with Crippen LogP contribution in [0.15, 0.2) is 40.8 Å². The van der Waals surface area contributed by atoms with Gasteiger partial charge in [0.15, 0.2) is 5.58 Å². The van der Waals surface area contributed by atoms with Crippen molar-refractivity contribution in [1.82, 2.24) is 4.98 Å². The Balaban J connectivity index is 2.14. The van der Waals surface area contributed by atoms with Crippen LogP contribution < -0.4 is 4.74 Å². The van der Waals surface area contributed by atoms with E-state index in [1.165, 1.54) is 0 Å². The van der Waals surface area contributed by atoms with E-state index in [9.17, 15) is 4.79 Å². The highest BCUT2D eigenvalue weighted by atomic mass is 35.5. The molecule has 0 radical (unpaired) electrons. The molecule has 0 unspecified atom stereocenters. The van der Waals surface area contributed by atoms with Gasteiger partial charge in [-0.05, 0) is 24.3 Å². The molecule has 0 saturated heterocycles. The summed E-state index contributed by atoms with van der Waals surface area (Å²) in [6, 6.07) is 10.8. The number of fused-ring (bicyclic) bond motifs is 1. The van der Waals surface area contributed by atoms with Crippen LogP contribution >= 0.6 is 11.6 Å². The van der Waals surface area contributed by atoms with Crippen LogP contribution in [0.1, 0.15) is 5.89 Å². The van der Waals surface area contributed by atoms with Crippen molar-refractivity contribution >= 4 is 28.7 Å². The molecule has 0 aliphatic rings. The number of oxazole rings is 1. The van der Waals surface area contributed by atoms with Gasteiger partial charge in [0.2, 0.25) is 5.89 Å². The zero-order valence-electron chi connectivity index (χ0n) is 11.7. The van der Waals surface area contributed by atoms with Gasteiger partial charge in [0.25, 0.3) is 0 Å². The van der Waals surface area contributed by atoms with Gasteiger partial charge in [-0.3, -0.25) is 4.79 Å². The number of nitrogens with zero attached hydrogens (tertiary/aromatic N) is 1. The number of rotatable bonds is 4. The van der Waals surface area contributed by atoms with E-state index in [1.807, 2.05) is 18.2 Å². The van der Waals surface area contributed by atoms with Crippen molar-refractivity contribution < 1.29 is 19.1 Å². The lowest BCUT2D eigenvalue weighted by Crippen LogP contribution is -1.99. The van der Waals surface area contributed by atoms with E-state index in [-0.39, 0.29) is 12.3 Å². The highest BCUT2D eigenvalue weighted by Gasteiger charge is 2.15. The fourth-order valence-electron chi connectivity index (χ4n) is 2.25. The average molecular weight is 318 g/mol. The van der Waals surface area contributed by atoms with Crippen molar-refractivity contribution in [3.05, 3.63) is 47.3 Å². The third-order valence-electron chi connectivity index (χ3n) is 3.23. The number of halogens is 1. The summed E-state index contributed by atoms with van der Waals surface area (Å²) in [6.07, 6.45) is -0.259. The van der Waals surface area contributed by atoms with Gasteiger partial charge in [0.05, 0.1) is 12.1 Å². The van der Waals surface area contributed by atoms with E-state index in [1.54, 1.807) is 25.3 Å². The van der Waals surface area contributed by atoms with Crippen LogP contribution in [0.4, 0.5) is 0 Å². The second-order valence-electron chi connectivity index (χ2n) is 4.68. The molecule has 0 amide bonds. The van der Waals surface area contributed by atoms with Crippen LogP contribution in [-0.4, -0.2) is 23.2 Å². The first kappa shape index (κ1) is 14.4. The highest BCUT2D eigenvalue weighted by Crippen LogP contribution is 2.35. The maximum Gasteiger partial charge on any atom is 0.312 e. The number of carbonyl (C=O) groups is 1. The van der Waals surface area contributed by atoms with E-state index < -0.39 is 5.97 Å². The topological polar surface area (TPSA) is 72.6 Å². The number of hydrogen-bond donors (Lipinski definition) is 1. The number of carboxylic acids is 1. The van der Waals surface area contributed by atoms with Crippen LogP contribution in [0.2, 0.25) is 5.02 Å². The second-order valence-corrected chi connectivity index (χ2v) is 5.08. The normalized spacial score (nSPS) is 10.8. The SMILES string of the molecule is COc1ccc(-c2cccc3nc(CC(=O)O)oc23)c(Cl)c1. The molecule has 6 heteroatoms. The Bertz CT molecular complexity index is 856. The van der Waals surface area contributed by atoms with Crippen molar-refractivity contribution in [3.63, 3.8) is 0 Å². The minimum absolute atomic E-state index is 0.166. The van der Waals surface area contributed by atoms with Crippen LogP contribution in [0.5, 0.6) is 5.75 Å². The molecule has 0 spiro atoms. The van der Waals surface area contributed by atoms with Gasteiger partial charge in [0.1, 0.15) is 17.7 Å². The van der Waals surface area contributed by atoms with Gasteiger partial charge in [-0.15, -0.1) is 0 Å². The number of ether oxygens (including phenoxy) is 1. The lowest BCUT2D eigenvalue weighted by atomic mass is 10.0. The third-order valence-corrected chi connectivity index (χ3v) is 3.54. The maximum absolute atomic E-state index is 10.8. The van der Waals surface area contributed by atoms with E-state index in [2.05, 4.69) is 4.98 Å². The summed E-state index contributed by atoms with van der Waals surface area (Å²) in [5, 5.41) is 9.36. The second kappa shape index (κ2) is 5.69. The van der Waals surface area contributed by atoms with Crippen molar-refractivity contribution in [2.45, 2.75) is 6.42 Å². The van der Waals surface area contributed by atoms with E-state index >= 15 is 0 Å². The van der Waals surface area contributed by atoms with Crippen LogP contribution in [0.3, 0.4) is 0 Å².